The van der Waals surface area contributed by atoms with Crippen LogP contribution in [0.15, 0.2) is 24.4 Å². The quantitative estimate of drug-likeness (QED) is 0.226. The highest BCUT2D eigenvalue weighted by atomic mass is 16.6. The van der Waals surface area contributed by atoms with Crippen LogP contribution in [0.2, 0.25) is 0 Å². The Morgan fingerprint density at radius 1 is 1.04 bits per heavy atom. The van der Waals surface area contributed by atoms with E-state index in [9.17, 15) is 19.2 Å². The number of carbonyl (C=O) groups excluding carboxylic acids is 4. The fraction of sp³-hybridized carbons (Fsp3) is 0.650. The largest absolute Gasteiger partial charge is 0.495 e. The fourth-order valence-corrected chi connectivity index (χ4v) is 8.18. The summed E-state index contributed by atoms with van der Waals surface area (Å²) in [6.45, 7) is 9.24. The van der Waals surface area contributed by atoms with Crippen LogP contribution in [-0.2, 0) is 19.1 Å². The lowest BCUT2D eigenvalue weighted by Crippen LogP contribution is -2.55. The first-order chi connectivity index (χ1) is 26.3. The molecule has 0 bridgehead atoms. The number of ether oxygens (including phenoxy) is 3. The molecule has 3 heterocycles. The van der Waals surface area contributed by atoms with Gasteiger partial charge in [-0.2, -0.15) is 4.98 Å². The second-order valence-electron chi connectivity index (χ2n) is 16.2. The molecule has 3 atom stereocenters. The Hall–Kier alpha value is -4.66. The van der Waals surface area contributed by atoms with Crippen LogP contribution >= 0.6 is 0 Å². The van der Waals surface area contributed by atoms with E-state index >= 15 is 0 Å². The third-order valence-electron chi connectivity index (χ3n) is 11.0. The van der Waals surface area contributed by atoms with Crippen molar-refractivity contribution in [1.29, 1.82) is 0 Å². The van der Waals surface area contributed by atoms with Crippen LogP contribution in [0.3, 0.4) is 0 Å². The molecule has 3 amide bonds. The standard InChI is InChI=1S/C40H58N8O7/c1-7-31-36(50)46(5)32-23-41-38(45-34(32)48(31)27-12-8-9-13-27)43-29-17-16-25(22-33(29)53-6)35(49)42-26-18-20-47(24-26)21-19-30(44-39(52)55-40(2,3)4)37(51)54-28-14-10-11-15-28/h16-17,22-23,26-28,30-31H,7-15,18-21,24H2,1-6H3,(H,42,49)(H,44,52)(H,41,43,45)/t26?,30?,31-/m1/s1. The Bertz CT molecular complexity index is 1700. The molecule has 15 nitrogen and oxygen atoms in total. The van der Waals surface area contributed by atoms with Gasteiger partial charge in [0.15, 0.2) is 5.82 Å². The third-order valence-corrected chi connectivity index (χ3v) is 11.0. The number of likely N-dealkylation sites (N-methyl/N-ethyl adjacent to an activating group) is 1. The number of amides is 3. The summed E-state index contributed by atoms with van der Waals surface area (Å²) in [7, 11) is 3.33. The van der Waals surface area contributed by atoms with Crippen LogP contribution in [-0.4, -0.2) is 108 Å². The van der Waals surface area contributed by atoms with E-state index in [2.05, 4.69) is 30.7 Å². The lowest BCUT2D eigenvalue weighted by Gasteiger charge is -2.43. The van der Waals surface area contributed by atoms with Crippen molar-refractivity contribution in [2.45, 2.75) is 134 Å². The molecule has 0 spiro atoms. The number of benzene rings is 1. The number of fused-ring (bicyclic) bond motifs is 1. The van der Waals surface area contributed by atoms with Crippen molar-refractivity contribution in [2.24, 2.45) is 0 Å². The van der Waals surface area contributed by atoms with Crippen LogP contribution in [0.4, 0.5) is 27.9 Å². The van der Waals surface area contributed by atoms with Crippen LogP contribution < -0.4 is 30.5 Å². The first-order valence-electron chi connectivity index (χ1n) is 19.9. The Balaban J connectivity index is 1.06. The molecule has 15 heteroatoms. The number of hydrogen-bond donors (Lipinski definition) is 3. The normalized spacial score (nSPS) is 21.3. The van der Waals surface area contributed by atoms with Crippen molar-refractivity contribution in [3.63, 3.8) is 0 Å². The first-order valence-corrected chi connectivity index (χ1v) is 19.9. The summed E-state index contributed by atoms with van der Waals surface area (Å²) in [6, 6.07) is 4.26. The molecule has 0 radical (unpaired) electrons. The van der Waals surface area contributed by atoms with Crippen molar-refractivity contribution in [1.82, 2.24) is 25.5 Å². The molecule has 55 heavy (non-hydrogen) atoms. The Morgan fingerprint density at radius 2 is 1.76 bits per heavy atom. The summed E-state index contributed by atoms with van der Waals surface area (Å²) in [5.74, 6) is 0.976. The van der Waals surface area contributed by atoms with Gasteiger partial charge in [0.2, 0.25) is 11.9 Å². The second-order valence-corrected chi connectivity index (χ2v) is 16.2. The smallest absolute Gasteiger partial charge is 0.408 e. The van der Waals surface area contributed by atoms with Crippen molar-refractivity contribution in [3.05, 3.63) is 30.0 Å². The molecule has 2 unspecified atom stereocenters. The molecule has 2 saturated carbocycles. The summed E-state index contributed by atoms with van der Waals surface area (Å²) >= 11 is 0. The molecule has 2 aromatic rings. The van der Waals surface area contributed by atoms with Crippen molar-refractivity contribution in [2.75, 3.05) is 48.9 Å². The zero-order valence-electron chi connectivity index (χ0n) is 33.2. The van der Waals surface area contributed by atoms with Crippen molar-refractivity contribution >= 4 is 47.0 Å². The minimum Gasteiger partial charge on any atom is -0.495 e. The lowest BCUT2D eigenvalue weighted by atomic mass is 10.0. The highest BCUT2D eigenvalue weighted by Gasteiger charge is 2.41. The van der Waals surface area contributed by atoms with Gasteiger partial charge in [-0.05, 0) is 96.8 Å². The molecule has 6 rings (SSSR count). The van der Waals surface area contributed by atoms with E-state index in [0.717, 1.165) is 70.2 Å². The number of esters is 1. The highest BCUT2D eigenvalue weighted by molar-refractivity contribution is 6.04. The molecule has 2 aliphatic heterocycles. The fourth-order valence-electron chi connectivity index (χ4n) is 8.18. The zero-order chi connectivity index (χ0) is 39.3. The lowest BCUT2D eigenvalue weighted by molar-refractivity contribution is -0.151. The second kappa shape index (κ2) is 17.4. The minimum atomic E-state index is -0.833. The zero-order valence-corrected chi connectivity index (χ0v) is 33.2. The number of aromatic nitrogens is 2. The molecule has 300 valence electrons. The van der Waals surface area contributed by atoms with E-state index in [0.29, 0.717) is 54.6 Å². The van der Waals surface area contributed by atoms with E-state index in [1.54, 1.807) is 64.2 Å². The number of hydrogen-bond acceptors (Lipinski definition) is 12. The summed E-state index contributed by atoms with van der Waals surface area (Å²) in [6.07, 6.45) is 10.8. The van der Waals surface area contributed by atoms with Crippen molar-refractivity contribution in [3.8, 4) is 5.75 Å². The number of alkyl carbamates (subject to hydrolysis) is 1. The molecule has 4 aliphatic rings. The SMILES string of the molecule is CC[C@@H]1C(=O)N(C)c2cnc(Nc3ccc(C(=O)NC4CCN(CCC(NC(=O)OC(C)(C)C)C(=O)OC5CCCC5)C4)cc3OC)nc2N1C1CCCC1. The van der Waals surface area contributed by atoms with E-state index in [4.69, 9.17) is 19.2 Å². The Kier molecular flexibility index (Phi) is 12.7. The van der Waals surface area contributed by atoms with Gasteiger partial charge in [0, 0.05) is 44.3 Å². The van der Waals surface area contributed by atoms with Crippen LogP contribution in [0.5, 0.6) is 5.75 Å². The van der Waals surface area contributed by atoms with Gasteiger partial charge < -0.3 is 44.9 Å². The summed E-state index contributed by atoms with van der Waals surface area (Å²) < 4.78 is 16.9. The van der Waals surface area contributed by atoms with E-state index in [1.165, 1.54) is 0 Å². The molecule has 1 aromatic carbocycles. The summed E-state index contributed by atoms with van der Waals surface area (Å²) in [5.41, 5.74) is 1.04. The molecule has 3 fully saturated rings. The Morgan fingerprint density at radius 3 is 2.45 bits per heavy atom. The van der Waals surface area contributed by atoms with Gasteiger partial charge in [-0.15, -0.1) is 0 Å². The summed E-state index contributed by atoms with van der Waals surface area (Å²) in [4.78, 5) is 67.9. The van der Waals surface area contributed by atoms with Gasteiger partial charge in [-0.3, -0.25) is 9.59 Å². The monoisotopic (exact) mass is 762 g/mol. The Labute approximate surface area is 324 Å². The van der Waals surface area contributed by atoms with Crippen LogP contribution in [0.1, 0.15) is 109 Å². The van der Waals surface area contributed by atoms with Gasteiger partial charge >= 0.3 is 12.1 Å². The van der Waals surface area contributed by atoms with Crippen LogP contribution in [0.25, 0.3) is 0 Å². The number of nitrogens with zero attached hydrogens (tertiary/aromatic N) is 5. The van der Waals surface area contributed by atoms with E-state index < -0.39 is 23.7 Å². The predicted octanol–water partition coefficient (Wildman–Crippen LogP) is 5.31. The maximum absolute atomic E-state index is 13.4. The summed E-state index contributed by atoms with van der Waals surface area (Å²) in [5, 5.41) is 9.15. The maximum atomic E-state index is 13.4. The molecular formula is C40H58N8O7. The molecule has 1 aromatic heterocycles. The van der Waals surface area contributed by atoms with Crippen molar-refractivity contribution < 1.29 is 33.4 Å². The maximum Gasteiger partial charge on any atom is 0.408 e. The number of likely N-dealkylation sites (tertiary alicyclic amines) is 1. The molecular weight excluding hydrogens is 704 g/mol. The molecule has 3 N–H and O–H groups in total. The van der Waals surface area contributed by atoms with E-state index in [-0.39, 0.29) is 36.0 Å². The van der Waals surface area contributed by atoms with Gasteiger partial charge in [0.1, 0.15) is 35.2 Å². The number of carbonyl (C=O) groups is 4. The average molecular weight is 763 g/mol. The number of nitrogens with one attached hydrogen (secondary N) is 3. The number of rotatable bonds is 13. The van der Waals surface area contributed by atoms with Gasteiger partial charge in [0.05, 0.1) is 19.0 Å². The predicted molar refractivity (Wildman–Crippen MR) is 209 cm³/mol. The van der Waals surface area contributed by atoms with Gasteiger partial charge in [-0.25, -0.2) is 14.6 Å². The number of methoxy groups -OCH3 is 1. The van der Waals surface area contributed by atoms with Gasteiger partial charge in [0.25, 0.3) is 5.91 Å². The highest BCUT2D eigenvalue weighted by Crippen LogP contribution is 2.40. The van der Waals surface area contributed by atoms with Gasteiger partial charge in [-0.1, -0.05) is 19.8 Å². The first kappa shape index (κ1) is 40.0. The van der Waals surface area contributed by atoms with E-state index in [1.807, 2.05) is 6.92 Å². The minimum absolute atomic E-state index is 0.0599. The van der Waals surface area contributed by atoms with Crippen LogP contribution in [0, 0.1) is 0 Å². The third kappa shape index (κ3) is 9.78. The topological polar surface area (TPSA) is 168 Å². The number of anilines is 4. The molecule has 2 aliphatic carbocycles. The molecule has 1 saturated heterocycles. The average Bonchev–Trinajstić information content (AvgIpc) is 3.95.